The van der Waals surface area contributed by atoms with Crippen LogP contribution in [-0.4, -0.2) is 34.6 Å². The fourth-order valence-electron chi connectivity index (χ4n) is 2.80. The maximum absolute atomic E-state index is 12.9. The van der Waals surface area contributed by atoms with Gasteiger partial charge >= 0.3 is 0 Å². The average molecular weight is 365 g/mol. The topological polar surface area (TPSA) is 68.5 Å². The number of carbonyl (C=O) groups is 1. The van der Waals surface area contributed by atoms with E-state index in [1.165, 1.54) is 0 Å². The summed E-state index contributed by atoms with van der Waals surface area (Å²) in [6, 6.07) is 13.3. The first-order valence-corrected chi connectivity index (χ1v) is 8.85. The van der Waals surface area contributed by atoms with Crippen molar-refractivity contribution in [3.05, 3.63) is 65.0 Å². The van der Waals surface area contributed by atoms with E-state index in [2.05, 4.69) is 10.1 Å². The van der Waals surface area contributed by atoms with Gasteiger partial charge in [-0.05, 0) is 56.7 Å². The van der Waals surface area contributed by atoms with Gasteiger partial charge in [0, 0.05) is 17.7 Å². The number of benzene rings is 2. The fourth-order valence-corrected chi connectivity index (χ4v) is 2.80. The van der Waals surface area contributed by atoms with Crippen LogP contribution >= 0.6 is 0 Å². The molecule has 1 aromatic heterocycles. The highest BCUT2D eigenvalue weighted by atomic mass is 16.5. The first-order valence-electron chi connectivity index (χ1n) is 8.85. The molecule has 27 heavy (non-hydrogen) atoms. The molecule has 0 unspecified atom stereocenters. The highest BCUT2D eigenvalue weighted by Gasteiger charge is 2.20. The van der Waals surface area contributed by atoms with Gasteiger partial charge in [-0.25, -0.2) is 0 Å². The Morgan fingerprint density at radius 2 is 1.89 bits per heavy atom. The molecule has 0 bridgehead atoms. The molecule has 140 valence electrons. The Morgan fingerprint density at radius 1 is 1.15 bits per heavy atom. The van der Waals surface area contributed by atoms with Gasteiger partial charge in [-0.1, -0.05) is 22.9 Å². The molecular formula is C21H23N3O3. The summed E-state index contributed by atoms with van der Waals surface area (Å²) in [6.07, 6.45) is 0. The van der Waals surface area contributed by atoms with Crippen molar-refractivity contribution < 1.29 is 14.1 Å². The third-order valence-corrected chi connectivity index (χ3v) is 4.43. The standard InChI is InChI=1S/C21H23N3O3/c1-5-24(21(25)18-12-14(2)6-7-15(18)3)13-19-22-20(23-27-19)16-8-10-17(26-4)11-9-16/h6-12H,5,13H2,1-4H3. The van der Waals surface area contributed by atoms with Gasteiger partial charge in [-0.3, -0.25) is 4.79 Å². The minimum Gasteiger partial charge on any atom is -0.497 e. The molecule has 1 amide bonds. The zero-order valence-electron chi connectivity index (χ0n) is 16.0. The van der Waals surface area contributed by atoms with Crippen LogP contribution in [0.3, 0.4) is 0 Å². The number of rotatable bonds is 6. The van der Waals surface area contributed by atoms with Crippen LogP contribution in [-0.2, 0) is 6.54 Å². The van der Waals surface area contributed by atoms with Gasteiger partial charge in [-0.2, -0.15) is 4.98 Å². The molecule has 0 spiro atoms. The van der Waals surface area contributed by atoms with E-state index in [0.29, 0.717) is 23.8 Å². The summed E-state index contributed by atoms with van der Waals surface area (Å²) in [5.41, 5.74) is 3.54. The number of hydrogen-bond acceptors (Lipinski definition) is 5. The van der Waals surface area contributed by atoms with E-state index in [1.54, 1.807) is 12.0 Å². The van der Waals surface area contributed by atoms with Gasteiger partial charge in [-0.15, -0.1) is 0 Å². The second-order valence-electron chi connectivity index (χ2n) is 6.38. The molecule has 0 N–H and O–H groups in total. The molecule has 0 fully saturated rings. The van der Waals surface area contributed by atoms with E-state index in [-0.39, 0.29) is 12.5 Å². The van der Waals surface area contributed by atoms with Crippen molar-refractivity contribution >= 4 is 5.91 Å². The summed E-state index contributed by atoms with van der Waals surface area (Å²) >= 11 is 0. The second kappa shape index (κ2) is 8.03. The Kier molecular flexibility index (Phi) is 5.54. The molecule has 0 saturated carbocycles. The number of nitrogens with zero attached hydrogens (tertiary/aromatic N) is 3. The van der Waals surface area contributed by atoms with Gasteiger partial charge < -0.3 is 14.2 Å². The van der Waals surface area contributed by atoms with Gasteiger partial charge in [0.1, 0.15) is 12.3 Å². The van der Waals surface area contributed by atoms with E-state index in [1.807, 2.05) is 63.2 Å². The monoisotopic (exact) mass is 365 g/mol. The maximum Gasteiger partial charge on any atom is 0.254 e. The Bertz CT molecular complexity index is 932. The first kappa shape index (κ1) is 18.6. The SMILES string of the molecule is CCN(Cc1nc(-c2ccc(OC)cc2)no1)C(=O)c1cc(C)ccc1C. The summed E-state index contributed by atoms with van der Waals surface area (Å²) < 4.78 is 10.5. The minimum atomic E-state index is -0.0390. The molecular weight excluding hydrogens is 342 g/mol. The number of hydrogen-bond donors (Lipinski definition) is 0. The van der Waals surface area contributed by atoms with E-state index in [9.17, 15) is 4.79 Å². The largest absolute Gasteiger partial charge is 0.497 e. The number of methoxy groups -OCH3 is 1. The van der Waals surface area contributed by atoms with Crippen LogP contribution < -0.4 is 4.74 Å². The van der Waals surface area contributed by atoms with Crippen molar-refractivity contribution in [1.29, 1.82) is 0 Å². The predicted molar refractivity (Wildman–Crippen MR) is 103 cm³/mol. The van der Waals surface area contributed by atoms with Crippen LogP contribution in [0.15, 0.2) is 47.0 Å². The van der Waals surface area contributed by atoms with Crippen molar-refractivity contribution in [2.75, 3.05) is 13.7 Å². The zero-order valence-corrected chi connectivity index (χ0v) is 16.0. The van der Waals surface area contributed by atoms with E-state index in [4.69, 9.17) is 9.26 Å². The second-order valence-corrected chi connectivity index (χ2v) is 6.38. The molecule has 0 radical (unpaired) electrons. The molecule has 1 heterocycles. The van der Waals surface area contributed by atoms with Gasteiger partial charge in [0.25, 0.3) is 5.91 Å². The number of aromatic nitrogens is 2. The molecule has 6 nitrogen and oxygen atoms in total. The Morgan fingerprint density at radius 3 is 2.56 bits per heavy atom. The molecule has 0 atom stereocenters. The average Bonchev–Trinajstić information content (AvgIpc) is 3.16. The van der Waals surface area contributed by atoms with Crippen molar-refractivity contribution in [2.45, 2.75) is 27.3 Å². The van der Waals surface area contributed by atoms with Crippen LogP contribution in [0.2, 0.25) is 0 Å². The van der Waals surface area contributed by atoms with Gasteiger partial charge in [0.2, 0.25) is 11.7 Å². The lowest BCUT2D eigenvalue weighted by Gasteiger charge is -2.20. The van der Waals surface area contributed by atoms with Crippen molar-refractivity contribution in [1.82, 2.24) is 15.0 Å². The van der Waals surface area contributed by atoms with Crippen LogP contribution in [0.5, 0.6) is 5.75 Å². The summed E-state index contributed by atoms with van der Waals surface area (Å²) in [6.45, 7) is 6.67. The number of amides is 1. The van der Waals surface area contributed by atoms with Crippen LogP contribution in [0.25, 0.3) is 11.4 Å². The highest BCUT2D eigenvalue weighted by molar-refractivity contribution is 5.95. The Hall–Kier alpha value is -3.15. The quantitative estimate of drug-likeness (QED) is 0.660. The van der Waals surface area contributed by atoms with Crippen LogP contribution in [0.4, 0.5) is 0 Å². The van der Waals surface area contributed by atoms with Crippen molar-refractivity contribution in [3.8, 4) is 17.1 Å². The third-order valence-electron chi connectivity index (χ3n) is 4.43. The lowest BCUT2D eigenvalue weighted by molar-refractivity contribution is 0.0733. The molecule has 2 aromatic carbocycles. The molecule has 0 saturated heterocycles. The maximum atomic E-state index is 12.9. The fraction of sp³-hybridized carbons (Fsp3) is 0.286. The van der Waals surface area contributed by atoms with Crippen LogP contribution in [0.1, 0.15) is 34.3 Å². The normalized spacial score (nSPS) is 10.7. The lowest BCUT2D eigenvalue weighted by Crippen LogP contribution is -2.31. The van der Waals surface area contributed by atoms with Crippen LogP contribution in [0, 0.1) is 13.8 Å². The minimum absolute atomic E-state index is 0.0390. The molecule has 0 aliphatic rings. The van der Waals surface area contributed by atoms with Crippen molar-refractivity contribution in [3.63, 3.8) is 0 Å². The Balaban J connectivity index is 1.77. The number of carbonyl (C=O) groups excluding carboxylic acids is 1. The summed E-state index contributed by atoms with van der Waals surface area (Å²) in [5, 5.41) is 4.03. The lowest BCUT2D eigenvalue weighted by atomic mass is 10.0. The molecule has 3 rings (SSSR count). The highest BCUT2D eigenvalue weighted by Crippen LogP contribution is 2.21. The zero-order chi connectivity index (χ0) is 19.4. The summed E-state index contributed by atoms with van der Waals surface area (Å²) in [4.78, 5) is 19.1. The van der Waals surface area contributed by atoms with Crippen molar-refractivity contribution in [2.24, 2.45) is 0 Å². The van der Waals surface area contributed by atoms with Gasteiger partial charge in [0.05, 0.1) is 7.11 Å². The smallest absolute Gasteiger partial charge is 0.254 e. The summed E-state index contributed by atoms with van der Waals surface area (Å²) in [7, 11) is 1.62. The van der Waals surface area contributed by atoms with Gasteiger partial charge in [0.15, 0.2) is 0 Å². The molecule has 0 aliphatic heterocycles. The predicted octanol–water partition coefficient (Wildman–Crippen LogP) is 4.02. The number of aryl methyl sites for hydroxylation is 2. The van der Waals surface area contributed by atoms with E-state index < -0.39 is 0 Å². The molecule has 6 heteroatoms. The number of ether oxygens (including phenoxy) is 1. The Labute approximate surface area is 158 Å². The first-order chi connectivity index (χ1) is 13.0. The molecule has 0 aliphatic carbocycles. The third kappa shape index (κ3) is 4.16. The van der Waals surface area contributed by atoms with E-state index in [0.717, 1.165) is 22.4 Å². The molecule has 3 aromatic rings. The van der Waals surface area contributed by atoms with E-state index >= 15 is 0 Å². The summed E-state index contributed by atoms with van der Waals surface area (Å²) in [5.74, 6) is 1.62.